The number of carbonyl (C=O) groups excluding carboxylic acids is 8. The average molecular weight is 1250 g/mol. The van der Waals surface area contributed by atoms with E-state index in [9.17, 15) is 43.5 Å². The molecule has 0 unspecified atom stereocenters. The Kier molecular flexibility index (Phi) is 24.6. The number of epoxide rings is 1. The Balaban J connectivity index is 1.34. The van der Waals surface area contributed by atoms with E-state index in [-0.39, 0.29) is 72.1 Å². The van der Waals surface area contributed by atoms with Crippen molar-refractivity contribution in [1.29, 1.82) is 0 Å². The van der Waals surface area contributed by atoms with Gasteiger partial charge < -0.3 is 70.7 Å². The van der Waals surface area contributed by atoms with Crippen molar-refractivity contribution in [3.05, 3.63) is 76.9 Å². The number of halogens is 2. The largest absolute Gasteiger partial charge is 0.495 e. The predicted molar refractivity (Wildman–Crippen MR) is 314 cm³/mol. The van der Waals surface area contributed by atoms with E-state index in [2.05, 4.69) is 59.7 Å². The molecule has 0 spiro atoms. The fourth-order valence-corrected chi connectivity index (χ4v) is 10.3. The molecule has 9 amide bonds. The number of anilines is 3. The molecule has 0 radical (unpaired) electrons. The Morgan fingerprint density at radius 2 is 1.69 bits per heavy atom. The molecule has 5 rings (SSSR count). The van der Waals surface area contributed by atoms with Crippen molar-refractivity contribution < 1.29 is 71.9 Å². The number of nitrogens with zero attached hydrogens (tertiary/aromatic N) is 1. The maximum absolute atomic E-state index is 14.5. The van der Waals surface area contributed by atoms with Crippen LogP contribution in [0.4, 0.5) is 31.4 Å². The van der Waals surface area contributed by atoms with Gasteiger partial charge in [0, 0.05) is 68.7 Å². The number of aliphatic hydroxyl groups is 1. The standard InChI is InChI=1S/C57H79BrClN9O15/c1-31(2)48(66-45(69)19-12-11-13-22-61-50(71)33(4)30-58)52(73)64-38(17-15-23-62-53(60)74)51(72)63-36-20-21-37(40(27-36)78-8)65-54(75)82-44-28-46(70)68(7)39-25-35(26-41(79-9)47(39)59)24-32(3)16-14-18-43(80-10)57(77)29-42(81-55(76)67-57)34(5)49-56(44,6)83-49/h14,16,18,20-21,25-27,31,34,38,42-44,48-49,77H,4,11-13,15,17,19,22-24,28-30H2,1-3,5-10H3,(H,61,71)(H,63,72)(H,64,73)(H,65,75)(H,66,69)(H,67,76)(H3,60,62,74)/b18-14+,32-16+/t34-,38+,42+,43-,44+,48+,49+,56+,57+/m1/s1. The van der Waals surface area contributed by atoms with Crippen LogP contribution in [0.15, 0.2) is 66.3 Å². The Morgan fingerprint density at radius 3 is 2.35 bits per heavy atom. The zero-order valence-corrected chi connectivity index (χ0v) is 50.7. The molecule has 4 bridgehead atoms. The molecule has 0 saturated carbocycles. The van der Waals surface area contributed by atoms with E-state index < -0.39 is 96.1 Å². The molecule has 2 fully saturated rings. The Morgan fingerprint density at radius 1 is 0.976 bits per heavy atom. The number of primary amides is 1. The Hall–Kier alpha value is -6.93. The number of amides is 9. The number of ether oxygens (including phenoxy) is 6. The number of alkyl carbamates (subject to hydrolysis) is 1. The van der Waals surface area contributed by atoms with Crippen LogP contribution in [0.5, 0.6) is 11.5 Å². The normalized spacial score (nSPS) is 24.1. The van der Waals surface area contributed by atoms with Gasteiger partial charge in [-0.1, -0.05) is 85.1 Å². The molecule has 3 heterocycles. The summed E-state index contributed by atoms with van der Waals surface area (Å²) in [5.41, 5.74) is 4.62. The summed E-state index contributed by atoms with van der Waals surface area (Å²) in [6.07, 6.45) is 1.22. The lowest BCUT2D eigenvalue weighted by Crippen LogP contribution is -2.63. The molecule has 3 aliphatic heterocycles. The maximum Gasteiger partial charge on any atom is 0.412 e. The lowest BCUT2D eigenvalue weighted by molar-refractivity contribution is -0.142. The highest BCUT2D eigenvalue weighted by molar-refractivity contribution is 9.09. The summed E-state index contributed by atoms with van der Waals surface area (Å²) in [6.45, 7) is 13.0. The van der Waals surface area contributed by atoms with Gasteiger partial charge in [-0.15, -0.1) is 0 Å². The number of nitrogens with two attached hydrogens (primary N) is 1. The molecular formula is C57H79BrClN9O15. The van der Waals surface area contributed by atoms with Crippen LogP contribution >= 0.6 is 27.5 Å². The molecule has 83 heavy (non-hydrogen) atoms. The van der Waals surface area contributed by atoms with E-state index >= 15 is 0 Å². The third-order valence-corrected chi connectivity index (χ3v) is 15.7. The van der Waals surface area contributed by atoms with Crippen LogP contribution in [0.3, 0.4) is 0 Å². The first-order chi connectivity index (χ1) is 39.3. The SMILES string of the molecule is C=C(CBr)C(=O)NCCCCCC(=O)N[C@H](C(=O)N[C@@H](CCCNC(N)=O)C(=O)Nc1ccc(NC(=O)O[C@H]2CC(=O)N(C)c3cc(cc(OC)c3Cl)C/C(C)=C/C=C/[C@@H](OC)[C@@]3(O)C[C@H](OC(=O)N3)[C@@H](C)[C@@H]3O[C@@]23C)c(OC)c1)C(C)C. The van der Waals surface area contributed by atoms with Crippen molar-refractivity contribution >= 4 is 92.3 Å². The lowest BCUT2D eigenvalue weighted by atomic mass is 9.83. The summed E-state index contributed by atoms with van der Waals surface area (Å²) in [5.74, 6) is -3.06. The number of carbonyl (C=O) groups is 8. The van der Waals surface area contributed by atoms with E-state index in [0.717, 1.165) is 11.1 Å². The van der Waals surface area contributed by atoms with Crippen LogP contribution < -0.4 is 57.3 Å². The summed E-state index contributed by atoms with van der Waals surface area (Å²) in [5, 5.41) is 31.1. The van der Waals surface area contributed by atoms with Crippen molar-refractivity contribution in [3.8, 4) is 11.5 Å². The van der Waals surface area contributed by atoms with Crippen LogP contribution in [0.1, 0.15) is 91.5 Å². The van der Waals surface area contributed by atoms with Crippen LogP contribution in [-0.4, -0.2) is 147 Å². The number of allylic oxidation sites excluding steroid dienone is 3. The van der Waals surface area contributed by atoms with Crippen molar-refractivity contribution in [3.63, 3.8) is 0 Å². The molecular weight excluding hydrogens is 1170 g/mol. The van der Waals surface area contributed by atoms with Gasteiger partial charge in [-0.25, -0.2) is 14.4 Å². The molecule has 456 valence electrons. The predicted octanol–water partition coefficient (Wildman–Crippen LogP) is 6.02. The number of urea groups is 1. The van der Waals surface area contributed by atoms with E-state index in [0.29, 0.717) is 54.6 Å². The molecule has 0 aliphatic carbocycles. The molecule has 2 aromatic rings. The summed E-state index contributed by atoms with van der Waals surface area (Å²) in [6, 6.07) is 4.86. The zero-order chi connectivity index (χ0) is 61.3. The molecule has 3 aliphatic rings. The van der Waals surface area contributed by atoms with Crippen molar-refractivity contribution in [2.24, 2.45) is 17.6 Å². The van der Waals surface area contributed by atoms with Crippen LogP contribution in [0.2, 0.25) is 5.02 Å². The first-order valence-corrected chi connectivity index (χ1v) is 28.8. The first-order valence-electron chi connectivity index (χ1n) is 27.3. The lowest BCUT2D eigenvalue weighted by Gasteiger charge is -2.42. The monoisotopic (exact) mass is 1240 g/mol. The van der Waals surface area contributed by atoms with Gasteiger partial charge in [-0.3, -0.25) is 34.6 Å². The van der Waals surface area contributed by atoms with Gasteiger partial charge in [0.25, 0.3) is 0 Å². The quantitative estimate of drug-likeness (QED) is 0.0266. The third kappa shape index (κ3) is 18.5. The number of benzene rings is 2. The number of hydrogen-bond donors (Lipinski definition) is 9. The van der Waals surface area contributed by atoms with Crippen LogP contribution in [0.25, 0.3) is 0 Å². The number of nitrogens with one attached hydrogen (secondary N) is 7. The van der Waals surface area contributed by atoms with Gasteiger partial charge in [-0.2, -0.15) is 0 Å². The van der Waals surface area contributed by atoms with Crippen LogP contribution in [-0.2, 0) is 49.3 Å². The van der Waals surface area contributed by atoms with Crippen molar-refractivity contribution in [2.75, 3.05) is 62.3 Å². The molecule has 2 aromatic carbocycles. The van der Waals surface area contributed by atoms with E-state index in [1.165, 1.54) is 51.5 Å². The summed E-state index contributed by atoms with van der Waals surface area (Å²) >= 11 is 10.0. The van der Waals surface area contributed by atoms with Gasteiger partial charge in [0.1, 0.15) is 52.5 Å². The number of fused-ring (bicyclic) bond motifs is 5. The third-order valence-electron chi connectivity index (χ3n) is 14.6. The van der Waals surface area contributed by atoms with Gasteiger partial charge in [0.15, 0.2) is 5.72 Å². The average Bonchev–Trinajstić information content (AvgIpc) is 3.59. The highest BCUT2D eigenvalue weighted by Crippen LogP contribution is 2.49. The fraction of sp³-hybridized carbons (Fsp3) is 0.544. The van der Waals surface area contributed by atoms with Gasteiger partial charge in [-0.05, 0) is 81.7 Å². The number of hydrogen-bond acceptors (Lipinski definition) is 15. The topological polar surface area (TPSA) is 329 Å². The minimum Gasteiger partial charge on any atom is -0.495 e. The van der Waals surface area contributed by atoms with E-state index in [1.807, 2.05) is 13.0 Å². The van der Waals surface area contributed by atoms with Crippen molar-refractivity contribution in [2.45, 2.75) is 140 Å². The highest BCUT2D eigenvalue weighted by atomic mass is 79.9. The molecule has 10 N–H and O–H groups in total. The minimum absolute atomic E-state index is 0.0441. The molecule has 2 saturated heterocycles. The second kappa shape index (κ2) is 30.6. The van der Waals surface area contributed by atoms with Gasteiger partial charge in [0.05, 0.1) is 38.1 Å². The summed E-state index contributed by atoms with van der Waals surface area (Å²) in [4.78, 5) is 107. The number of rotatable bonds is 23. The second-order valence-electron chi connectivity index (χ2n) is 21.3. The van der Waals surface area contributed by atoms with Gasteiger partial charge >= 0.3 is 18.2 Å². The molecule has 26 heteroatoms. The highest BCUT2D eigenvalue weighted by Gasteiger charge is 2.64. The fourth-order valence-electron chi connectivity index (χ4n) is 9.78. The smallest absolute Gasteiger partial charge is 0.412 e. The first kappa shape index (κ1) is 66.9. The number of unbranched alkanes of at least 4 members (excludes halogenated alkanes) is 2. The van der Waals surface area contributed by atoms with E-state index in [1.54, 1.807) is 52.0 Å². The Bertz CT molecular complexity index is 2780. The van der Waals surface area contributed by atoms with Crippen LogP contribution in [0, 0.1) is 11.8 Å². The minimum atomic E-state index is -1.91. The van der Waals surface area contributed by atoms with Gasteiger partial charge in [0.2, 0.25) is 29.5 Å². The molecule has 0 aromatic heterocycles. The second-order valence-corrected chi connectivity index (χ2v) is 22.2. The number of methoxy groups -OCH3 is 3. The molecule has 9 atom stereocenters. The van der Waals surface area contributed by atoms with E-state index in [4.69, 9.17) is 45.8 Å². The maximum atomic E-state index is 14.5. The zero-order valence-electron chi connectivity index (χ0n) is 48.4. The summed E-state index contributed by atoms with van der Waals surface area (Å²) < 4.78 is 35.1. The summed E-state index contributed by atoms with van der Waals surface area (Å²) in [7, 11) is 5.72. The van der Waals surface area contributed by atoms with Crippen molar-refractivity contribution in [1.82, 2.24) is 26.6 Å². The number of alkyl halides is 1. The molecule has 24 nitrogen and oxygen atoms in total. The Labute approximate surface area is 497 Å².